The predicted molar refractivity (Wildman–Crippen MR) is 66.8 cm³/mol. The van der Waals surface area contributed by atoms with Crippen molar-refractivity contribution in [1.29, 1.82) is 0 Å². The summed E-state index contributed by atoms with van der Waals surface area (Å²) >= 11 is 5.87. The average Bonchev–Trinajstić information content (AvgIpc) is 2.99. The molecule has 2 rings (SSSR count). The van der Waals surface area contributed by atoms with Crippen molar-refractivity contribution in [3.8, 4) is 0 Å². The highest BCUT2D eigenvalue weighted by molar-refractivity contribution is 6.30. The quantitative estimate of drug-likeness (QED) is 0.773. The van der Waals surface area contributed by atoms with E-state index in [4.69, 9.17) is 11.6 Å². The number of ketones is 1. The van der Waals surface area contributed by atoms with Gasteiger partial charge in [0.05, 0.1) is 0 Å². The normalized spacial score (nSPS) is 17.5. The third-order valence-corrected chi connectivity index (χ3v) is 3.72. The van der Waals surface area contributed by atoms with Crippen LogP contribution in [0.25, 0.3) is 0 Å². The monoisotopic (exact) mass is 236 g/mol. The van der Waals surface area contributed by atoms with Crippen molar-refractivity contribution in [3.05, 3.63) is 34.9 Å². The zero-order chi connectivity index (χ0) is 11.8. The van der Waals surface area contributed by atoms with Gasteiger partial charge in [0.2, 0.25) is 0 Å². The molecule has 1 saturated carbocycles. The number of halogens is 1. The zero-order valence-electron chi connectivity index (χ0n) is 9.79. The van der Waals surface area contributed by atoms with Gasteiger partial charge in [-0.1, -0.05) is 37.6 Å². The molecule has 0 radical (unpaired) electrons. The summed E-state index contributed by atoms with van der Waals surface area (Å²) in [6.07, 6.45) is 2.95. The van der Waals surface area contributed by atoms with Crippen molar-refractivity contribution in [2.45, 2.75) is 38.5 Å². The van der Waals surface area contributed by atoms with Gasteiger partial charge in [0, 0.05) is 22.8 Å². The molecule has 0 unspecified atom stereocenters. The first-order chi connectivity index (χ1) is 7.53. The van der Waals surface area contributed by atoms with E-state index in [1.807, 2.05) is 26.0 Å². The maximum atomic E-state index is 11.8. The van der Waals surface area contributed by atoms with Gasteiger partial charge in [0.15, 0.2) is 0 Å². The third kappa shape index (κ3) is 2.30. The van der Waals surface area contributed by atoms with E-state index >= 15 is 0 Å². The molecular weight excluding hydrogens is 220 g/mol. The first-order valence-corrected chi connectivity index (χ1v) is 6.20. The minimum Gasteiger partial charge on any atom is -0.299 e. The number of hydrogen-bond donors (Lipinski definition) is 0. The van der Waals surface area contributed by atoms with Crippen LogP contribution in [0.15, 0.2) is 24.3 Å². The largest absolute Gasteiger partial charge is 0.299 e. The molecular formula is C14H17ClO. The number of hydrogen-bond acceptors (Lipinski definition) is 1. The molecule has 0 amide bonds. The van der Waals surface area contributed by atoms with E-state index in [2.05, 4.69) is 12.1 Å². The van der Waals surface area contributed by atoms with Crippen LogP contribution in [-0.2, 0) is 10.2 Å². The molecule has 1 fully saturated rings. The molecule has 0 saturated heterocycles. The number of carbonyl (C=O) groups is 1. The summed E-state index contributed by atoms with van der Waals surface area (Å²) in [5, 5.41) is 0.759. The predicted octanol–water partition coefficient (Wildman–Crippen LogP) is 3.99. The van der Waals surface area contributed by atoms with E-state index in [-0.39, 0.29) is 11.3 Å². The highest BCUT2D eigenvalue weighted by Gasteiger charge is 2.45. The van der Waals surface area contributed by atoms with Crippen molar-refractivity contribution < 1.29 is 4.79 Å². The summed E-state index contributed by atoms with van der Waals surface area (Å²) in [4.78, 5) is 11.8. The van der Waals surface area contributed by atoms with Crippen molar-refractivity contribution >= 4 is 17.4 Å². The number of Topliss-reactive ketones (excluding diaryl/α,β-unsaturated/α-hetero) is 1. The summed E-state index contributed by atoms with van der Waals surface area (Å²) in [6, 6.07) is 7.94. The second-order valence-corrected chi connectivity index (χ2v) is 5.52. The molecule has 0 spiro atoms. The van der Waals surface area contributed by atoms with Gasteiger partial charge in [-0.2, -0.15) is 0 Å². The molecule has 86 valence electrons. The Hall–Kier alpha value is -0.820. The van der Waals surface area contributed by atoms with Gasteiger partial charge in [-0.3, -0.25) is 4.79 Å². The van der Waals surface area contributed by atoms with E-state index in [0.717, 1.165) is 17.9 Å². The Morgan fingerprint density at radius 1 is 1.31 bits per heavy atom. The van der Waals surface area contributed by atoms with Crippen LogP contribution in [0.1, 0.15) is 38.7 Å². The zero-order valence-corrected chi connectivity index (χ0v) is 10.6. The number of carbonyl (C=O) groups excluding carboxylic acids is 1. The van der Waals surface area contributed by atoms with Gasteiger partial charge < -0.3 is 0 Å². The topological polar surface area (TPSA) is 17.1 Å². The van der Waals surface area contributed by atoms with Gasteiger partial charge >= 0.3 is 0 Å². The van der Waals surface area contributed by atoms with Gasteiger partial charge in [-0.25, -0.2) is 0 Å². The summed E-state index contributed by atoms with van der Waals surface area (Å²) in [7, 11) is 0. The minimum atomic E-state index is 0.131. The van der Waals surface area contributed by atoms with Gasteiger partial charge in [0.25, 0.3) is 0 Å². The Morgan fingerprint density at radius 2 is 1.88 bits per heavy atom. The lowest BCUT2D eigenvalue weighted by molar-refractivity contribution is -0.122. The van der Waals surface area contributed by atoms with Crippen LogP contribution < -0.4 is 0 Å². The van der Waals surface area contributed by atoms with E-state index in [1.54, 1.807) is 0 Å². The Bertz CT molecular complexity index is 388. The standard InChI is InChI=1S/C14H17ClO/c1-10(2)13(16)9-14(7-8-14)11-3-5-12(15)6-4-11/h3-6,10H,7-9H2,1-2H3. The lowest BCUT2D eigenvalue weighted by atomic mass is 9.88. The molecule has 0 heterocycles. The van der Waals surface area contributed by atoms with E-state index in [1.165, 1.54) is 5.56 Å². The Kier molecular flexibility index (Phi) is 3.07. The second-order valence-electron chi connectivity index (χ2n) is 5.09. The summed E-state index contributed by atoms with van der Waals surface area (Å²) in [5.74, 6) is 0.511. The first-order valence-electron chi connectivity index (χ1n) is 5.82. The van der Waals surface area contributed by atoms with E-state index in [0.29, 0.717) is 12.2 Å². The second kappa shape index (κ2) is 4.21. The fourth-order valence-electron chi connectivity index (χ4n) is 2.06. The number of benzene rings is 1. The Balaban J connectivity index is 2.14. The average molecular weight is 237 g/mol. The minimum absolute atomic E-state index is 0.131. The lowest BCUT2D eigenvalue weighted by Gasteiger charge is -2.16. The van der Waals surface area contributed by atoms with Gasteiger partial charge in [0.1, 0.15) is 5.78 Å². The molecule has 0 atom stereocenters. The molecule has 0 bridgehead atoms. The molecule has 0 aliphatic heterocycles. The van der Waals surface area contributed by atoms with E-state index < -0.39 is 0 Å². The lowest BCUT2D eigenvalue weighted by Crippen LogP contribution is -2.17. The summed E-state index contributed by atoms with van der Waals surface area (Å²) in [6.45, 7) is 3.94. The fourth-order valence-corrected chi connectivity index (χ4v) is 2.19. The molecule has 1 nitrogen and oxygen atoms in total. The number of rotatable bonds is 4. The maximum Gasteiger partial charge on any atom is 0.136 e. The Labute approximate surface area is 102 Å². The highest BCUT2D eigenvalue weighted by Crippen LogP contribution is 2.51. The van der Waals surface area contributed by atoms with Crippen LogP contribution in [0.3, 0.4) is 0 Å². The first kappa shape index (κ1) is 11.7. The van der Waals surface area contributed by atoms with E-state index in [9.17, 15) is 4.79 Å². The molecule has 1 aliphatic rings. The van der Waals surface area contributed by atoms with Crippen molar-refractivity contribution in [2.24, 2.45) is 5.92 Å². The van der Waals surface area contributed by atoms with Crippen LogP contribution in [0.4, 0.5) is 0 Å². The molecule has 1 aromatic rings. The fraction of sp³-hybridized carbons (Fsp3) is 0.500. The van der Waals surface area contributed by atoms with Crippen LogP contribution in [0, 0.1) is 5.92 Å². The van der Waals surface area contributed by atoms with Crippen molar-refractivity contribution in [3.63, 3.8) is 0 Å². The van der Waals surface area contributed by atoms with Crippen molar-refractivity contribution in [1.82, 2.24) is 0 Å². The van der Waals surface area contributed by atoms with Gasteiger partial charge in [-0.05, 0) is 30.5 Å². The van der Waals surface area contributed by atoms with Crippen LogP contribution >= 0.6 is 11.6 Å². The maximum absolute atomic E-state index is 11.8. The van der Waals surface area contributed by atoms with Gasteiger partial charge in [-0.15, -0.1) is 0 Å². The molecule has 2 heteroatoms. The highest BCUT2D eigenvalue weighted by atomic mass is 35.5. The van der Waals surface area contributed by atoms with Crippen LogP contribution in [0.5, 0.6) is 0 Å². The van der Waals surface area contributed by atoms with Crippen molar-refractivity contribution in [2.75, 3.05) is 0 Å². The summed E-state index contributed by atoms with van der Waals surface area (Å²) in [5.41, 5.74) is 1.40. The molecule has 16 heavy (non-hydrogen) atoms. The molecule has 1 aliphatic carbocycles. The summed E-state index contributed by atoms with van der Waals surface area (Å²) < 4.78 is 0. The molecule has 0 N–H and O–H groups in total. The molecule has 0 aromatic heterocycles. The third-order valence-electron chi connectivity index (χ3n) is 3.47. The smallest absolute Gasteiger partial charge is 0.136 e. The van der Waals surface area contributed by atoms with Crippen LogP contribution in [-0.4, -0.2) is 5.78 Å². The SMILES string of the molecule is CC(C)C(=O)CC1(c2ccc(Cl)cc2)CC1. The Morgan fingerprint density at radius 3 is 2.31 bits per heavy atom. The molecule has 1 aromatic carbocycles. The van der Waals surface area contributed by atoms with Crippen LogP contribution in [0.2, 0.25) is 5.02 Å².